The van der Waals surface area contributed by atoms with Gasteiger partial charge in [0.2, 0.25) is 0 Å². The van der Waals surface area contributed by atoms with E-state index in [2.05, 4.69) is 14.8 Å². The lowest BCUT2D eigenvalue weighted by Crippen LogP contribution is -2.08. The molecule has 0 unspecified atom stereocenters. The Kier molecular flexibility index (Phi) is 3.90. The summed E-state index contributed by atoms with van der Waals surface area (Å²) in [6.07, 6.45) is 2.22. The quantitative estimate of drug-likeness (QED) is 0.858. The molecule has 2 aromatic rings. The molecule has 0 bridgehead atoms. The SMILES string of the molecule is N#Cc1cccc(CSc2nnc(CN)n2C2CC2)c1F. The van der Waals surface area contributed by atoms with Crippen molar-refractivity contribution in [3.63, 3.8) is 0 Å². The second-order valence-corrected chi connectivity index (χ2v) is 5.83. The molecule has 108 valence electrons. The van der Waals surface area contributed by atoms with Crippen LogP contribution in [0.3, 0.4) is 0 Å². The Morgan fingerprint density at radius 2 is 2.24 bits per heavy atom. The van der Waals surface area contributed by atoms with Crippen LogP contribution in [0.15, 0.2) is 23.4 Å². The van der Waals surface area contributed by atoms with Crippen molar-refractivity contribution >= 4 is 11.8 Å². The Labute approximate surface area is 126 Å². The first kappa shape index (κ1) is 14.0. The monoisotopic (exact) mass is 303 g/mol. The fraction of sp³-hybridized carbons (Fsp3) is 0.357. The molecule has 0 aliphatic heterocycles. The summed E-state index contributed by atoms with van der Waals surface area (Å²) >= 11 is 1.42. The molecule has 1 aliphatic carbocycles. The van der Waals surface area contributed by atoms with E-state index in [9.17, 15) is 4.39 Å². The van der Waals surface area contributed by atoms with Gasteiger partial charge >= 0.3 is 0 Å². The van der Waals surface area contributed by atoms with E-state index in [4.69, 9.17) is 11.0 Å². The lowest BCUT2D eigenvalue weighted by atomic mass is 10.1. The molecule has 1 heterocycles. The van der Waals surface area contributed by atoms with Crippen LogP contribution in [0, 0.1) is 17.1 Å². The van der Waals surface area contributed by atoms with Gasteiger partial charge in [0.25, 0.3) is 0 Å². The van der Waals surface area contributed by atoms with E-state index in [0.717, 1.165) is 23.8 Å². The zero-order valence-corrected chi connectivity index (χ0v) is 12.1. The van der Waals surface area contributed by atoms with Gasteiger partial charge in [-0.1, -0.05) is 23.9 Å². The van der Waals surface area contributed by atoms with Gasteiger partial charge in [0.1, 0.15) is 17.7 Å². The number of rotatable bonds is 5. The standard InChI is InChI=1S/C14H14FN5S/c15-13-9(6-16)2-1-3-10(13)8-21-14-19-18-12(7-17)20(14)11-4-5-11/h1-3,11H,4-5,7-8,17H2. The summed E-state index contributed by atoms with van der Waals surface area (Å²) < 4.78 is 16.1. The summed E-state index contributed by atoms with van der Waals surface area (Å²) in [5.41, 5.74) is 6.24. The van der Waals surface area contributed by atoms with Crippen LogP contribution in [0.25, 0.3) is 0 Å². The minimum Gasteiger partial charge on any atom is -0.324 e. The Hall–Kier alpha value is -1.91. The van der Waals surface area contributed by atoms with E-state index in [1.807, 2.05) is 6.07 Å². The van der Waals surface area contributed by atoms with Crippen LogP contribution < -0.4 is 5.73 Å². The van der Waals surface area contributed by atoms with Gasteiger partial charge in [0.05, 0.1) is 12.1 Å². The largest absolute Gasteiger partial charge is 0.324 e. The summed E-state index contributed by atoms with van der Waals surface area (Å²) in [6.45, 7) is 0.350. The molecule has 0 spiro atoms. The zero-order chi connectivity index (χ0) is 14.8. The lowest BCUT2D eigenvalue weighted by molar-refractivity contribution is 0.612. The van der Waals surface area contributed by atoms with Crippen molar-refractivity contribution < 1.29 is 4.39 Å². The second-order valence-electron chi connectivity index (χ2n) is 4.88. The fourth-order valence-electron chi connectivity index (χ4n) is 2.16. The van der Waals surface area contributed by atoms with Crippen molar-refractivity contribution in [3.05, 3.63) is 41.0 Å². The second kappa shape index (κ2) is 5.84. The molecule has 7 heteroatoms. The van der Waals surface area contributed by atoms with E-state index in [-0.39, 0.29) is 5.56 Å². The summed E-state index contributed by atoms with van der Waals surface area (Å²) in [5.74, 6) is 0.729. The van der Waals surface area contributed by atoms with Gasteiger partial charge in [-0.2, -0.15) is 5.26 Å². The van der Waals surface area contributed by atoms with Crippen molar-refractivity contribution in [1.82, 2.24) is 14.8 Å². The van der Waals surface area contributed by atoms with Crippen molar-refractivity contribution in [2.24, 2.45) is 5.73 Å². The number of halogens is 1. The Balaban J connectivity index is 1.80. The number of benzene rings is 1. The summed E-state index contributed by atoms with van der Waals surface area (Å²) in [6, 6.07) is 7.13. The maximum absolute atomic E-state index is 14.0. The molecule has 1 aromatic carbocycles. The van der Waals surface area contributed by atoms with Gasteiger partial charge in [0, 0.05) is 11.8 Å². The molecule has 0 radical (unpaired) electrons. The van der Waals surface area contributed by atoms with Crippen LogP contribution >= 0.6 is 11.8 Å². The van der Waals surface area contributed by atoms with Gasteiger partial charge in [-0.05, 0) is 24.5 Å². The first-order chi connectivity index (χ1) is 10.2. The third kappa shape index (κ3) is 2.77. The molecule has 0 saturated heterocycles. The predicted octanol–water partition coefficient (Wildman–Crippen LogP) is 2.37. The highest BCUT2D eigenvalue weighted by molar-refractivity contribution is 7.98. The third-order valence-corrected chi connectivity index (χ3v) is 4.38. The van der Waals surface area contributed by atoms with Crippen LogP contribution in [-0.4, -0.2) is 14.8 Å². The van der Waals surface area contributed by atoms with Crippen molar-refractivity contribution in [3.8, 4) is 6.07 Å². The highest BCUT2D eigenvalue weighted by atomic mass is 32.2. The molecule has 1 fully saturated rings. The molecule has 0 atom stereocenters. The minimum atomic E-state index is -0.455. The summed E-state index contributed by atoms with van der Waals surface area (Å²) in [5, 5.41) is 17.8. The Bertz CT molecular complexity index is 702. The summed E-state index contributed by atoms with van der Waals surface area (Å²) in [4.78, 5) is 0. The molecule has 1 saturated carbocycles. The molecular formula is C14H14FN5S. The number of nitriles is 1. The van der Waals surface area contributed by atoms with Crippen LogP contribution in [0.5, 0.6) is 0 Å². The van der Waals surface area contributed by atoms with E-state index in [0.29, 0.717) is 23.9 Å². The van der Waals surface area contributed by atoms with Gasteiger partial charge < -0.3 is 10.3 Å². The minimum absolute atomic E-state index is 0.0689. The Morgan fingerprint density at radius 3 is 2.90 bits per heavy atom. The number of hydrogen-bond acceptors (Lipinski definition) is 5. The maximum atomic E-state index is 14.0. The van der Waals surface area contributed by atoms with Crippen LogP contribution in [0.2, 0.25) is 0 Å². The number of aromatic nitrogens is 3. The molecule has 3 rings (SSSR count). The van der Waals surface area contributed by atoms with Crippen molar-refractivity contribution in [1.29, 1.82) is 5.26 Å². The molecule has 0 amide bonds. The average Bonchev–Trinajstić information content (AvgIpc) is 3.26. The topological polar surface area (TPSA) is 80.5 Å². The molecule has 21 heavy (non-hydrogen) atoms. The van der Waals surface area contributed by atoms with E-state index < -0.39 is 5.82 Å². The van der Waals surface area contributed by atoms with Gasteiger partial charge in [-0.25, -0.2) is 4.39 Å². The van der Waals surface area contributed by atoms with E-state index >= 15 is 0 Å². The van der Waals surface area contributed by atoms with Crippen molar-refractivity contribution in [2.75, 3.05) is 0 Å². The van der Waals surface area contributed by atoms with Gasteiger partial charge in [0.15, 0.2) is 5.16 Å². The molecule has 1 aromatic heterocycles. The zero-order valence-electron chi connectivity index (χ0n) is 11.3. The summed E-state index contributed by atoms with van der Waals surface area (Å²) in [7, 11) is 0. The van der Waals surface area contributed by atoms with Crippen molar-refractivity contribution in [2.45, 2.75) is 36.3 Å². The van der Waals surface area contributed by atoms with Gasteiger partial charge in [-0.3, -0.25) is 0 Å². The highest BCUT2D eigenvalue weighted by Gasteiger charge is 2.29. The number of thioether (sulfide) groups is 1. The molecule has 2 N–H and O–H groups in total. The average molecular weight is 303 g/mol. The van der Waals surface area contributed by atoms with Gasteiger partial charge in [-0.15, -0.1) is 10.2 Å². The predicted molar refractivity (Wildman–Crippen MR) is 76.9 cm³/mol. The molecule has 5 nitrogen and oxygen atoms in total. The number of hydrogen-bond donors (Lipinski definition) is 1. The number of nitrogens with zero attached hydrogens (tertiary/aromatic N) is 4. The maximum Gasteiger partial charge on any atom is 0.191 e. The van der Waals surface area contributed by atoms with E-state index in [1.165, 1.54) is 17.8 Å². The van der Waals surface area contributed by atoms with Crippen LogP contribution in [0.1, 0.15) is 35.8 Å². The number of nitrogens with two attached hydrogens (primary N) is 1. The van der Waals surface area contributed by atoms with Crippen LogP contribution in [-0.2, 0) is 12.3 Å². The lowest BCUT2D eigenvalue weighted by Gasteiger charge is -2.08. The smallest absolute Gasteiger partial charge is 0.191 e. The highest BCUT2D eigenvalue weighted by Crippen LogP contribution is 2.39. The Morgan fingerprint density at radius 1 is 1.43 bits per heavy atom. The fourth-order valence-corrected chi connectivity index (χ4v) is 3.16. The van der Waals surface area contributed by atoms with E-state index in [1.54, 1.807) is 12.1 Å². The molecular weight excluding hydrogens is 289 g/mol. The third-order valence-electron chi connectivity index (χ3n) is 3.39. The first-order valence-corrected chi connectivity index (χ1v) is 7.67. The normalized spacial score (nSPS) is 14.1. The van der Waals surface area contributed by atoms with Crippen LogP contribution in [0.4, 0.5) is 4.39 Å². The molecule has 1 aliphatic rings. The first-order valence-electron chi connectivity index (χ1n) is 6.68.